The van der Waals surface area contributed by atoms with Crippen LogP contribution in [0.15, 0.2) is 82.1 Å². The third-order valence-corrected chi connectivity index (χ3v) is 8.23. The normalized spacial score (nSPS) is 10.9. The lowest BCUT2D eigenvalue weighted by Crippen LogP contribution is -2.17. The molecule has 0 bridgehead atoms. The minimum Gasteiger partial charge on any atom is -0.462 e. The van der Waals surface area contributed by atoms with E-state index in [2.05, 4.69) is 15.3 Å². The Bertz CT molecular complexity index is 1630. The highest BCUT2D eigenvalue weighted by molar-refractivity contribution is 7.99. The van der Waals surface area contributed by atoms with Gasteiger partial charge < -0.3 is 15.0 Å². The first-order chi connectivity index (χ1) is 18.0. The van der Waals surface area contributed by atoms with Crippen molar-refractivity contribution < 1.29 is 14.3 Å². The summed E-state index contributed by atoms with van der Waals surface area (Å²) >= 11 is 3.82. The van der Waals surface area contributed by atoms with Crippen LogP contribution in [-0.4, -0.2) is 34.2 Å². The first-order valence-electron chi connectivity index (χ1n) is 11.4. The van der Waals surface area contributed by atoms with Gasteiger partial charge in [-0.2, -0.15) is 0 Å². The van der Waals surface area contributed by atoms with Crippen molar-refractivity contribution >= 4 is 61.5 Å². The lowest BCUT2D eigenvalue weighted by molar-refractivity contribution is -0.113. The number of anilines is 1. The quantitative estimate of drug-likeness (QED) is 0.135. The molecule has 0 aliphatic carbocycles. The number of amides is 1. The second-order valence-corrected chi connectivity index (χ2v) is 10.7. The van der Waals surface area contributed by atoms with Crippen LogP contribution in [0.2, 0.25) is 0 Å². The van der Waals surface area contributed by atoms with Gasteiger partial charge in [-0.15, -0.1) is 22.7 Å². The summed E-state index contributed by atoms with van der Waals surface area (Å²) in [5, 5.41) is 6.06. The fourth-order valence-corrected chi connectivity index (χ4v) is 6.45. The summed E-state index contributed by atoms with van der Waals surface area (Å²) in [6.07, 6.45) is 0. The van der Waals surface area contributed by atoms with E-state index in [1.54, 1.807) is 13.0 Å². The third-order valence-electron chi connectivity index (χ3n) is 5.39. The molecule has 0 spiro atoms. The van der Waals surface area contributed by atoms with Crippen LogP contribution in [0.4, 0.5) is 5.00 Å². The zero-order valence-electron chi connectivity index (χ0n) is 19.6. The second-order valence-electron chi connectivity index (χ2n) is 7.84. The summed E-state index contributed by atoms with van der Waals surface area (Å²) < 4.78 is 5.18. The van der Waals surface area contributed by atoms with Gasteiger partial charge in [0.05, 0.1) is 23.3 Å². The molecule has 10 heteroatoms. The summed E-state index contributed by atoms with van der Waals surface area (Å²) in [5.41, 5.74) is 2.78. The Morgan fingerprint density at radius 3 is 2.46 bits per heavy atom. The molecule has 2 N–H and O–H groups in total. The molecule has 0 aliphatic heterocycles. The number of thiophene rings is 2. The van der Waals surface area contributed by atoms with Crippen LogP contribution < -0.4 is 10.9 Å². The number of hydrogen-bond acceptors (Lipinski definition) is 8. The number of carbonyl (C=O) groups is 2. The Morgan fingerprint density at radius 1 is 1.05 bits per heavy atom. The van der Waals surface area contributed by atoms with Gasteiger partial charge >= 0.3 is 5.97 Å². The minimum atomic E-state index is -0.493. The molecule has 0 atom stereocenters. The number of carbonyl (C=O) groups excluding carboxylic acids is 2. The Kier molecular flexibility index (Phi) is 7.50. The summed E-state index contributed by atoms with van der Waals surface area (Å²) in [6.45, 7) is 1.97. The van der Waals surface area contributed by atoms with Crippen LogP contribution in [-0.2, 0) is 9.53 Å². The van der Waals surface area contributed by atoms with E-state index in [9.17, 15) is 14.4 Å². The minimum absolute atomic E-state index is 0.00615. The molecule has 2 aromatic carbocycles. The van der Waals surface area contributed by atoms with Gasteiger partial charge in [0, 0.05) is 15.8 Å². The summed E-state index contributed by atoms with van der Waals surface area (Å²) in [5.74, 6) is -0.810. The number of H-pyrrole nitrogens is 1. The zero-order chi connectivity index (χ0) is 25.8. The van der Waals surface area contributed by atoms with Crippen molar-refractivity contribution in [3.05, 3.63) is 88.0 Å². The average Bonchev–Trinajstić information content (AvgIpc) is 3.54. The van der Waals surface area contributed by atoms with Crippen LogP contribution in [0.25, 0.3) is 31.8 Å². The maximum absolute atomic E-state index is 12.9. The van der Waals surface area contributed by atoms with Crippen molar-refractivity contribution in [3.8, 4) is 21.6 Å². The molecule has 186 valence electrons. The van der Waals surface area contributed by atoms with Crippen LogP contribution in [0.5, 0.6) is 0 Å². The zero-order valence-corrected chi connectivity index (χ0v) is 22.1. The number of esters is 1. The Morgan fingerprint density at radius 2 is 1.76 bits per heavy atom. The van der Waals surface area contributed by atoms with E-state index in [0.717, 1.165) is 33.3 Å². The molecule has 0 fully saturated rings. The topological polar surface area (TPSA) is 101 Å². The molecule has 5 rings (SSSR count). The molecule has 3 aromatic heterocycles. The Labute approximate surface area is 224 Å². The Hall–Kier alpha value is -3.73. The molecule has 5 aromatic rings. The van der Waals surface area contributed by atoms with E-state index in [0.29, 0.717) is 25.9 Å². The number of thioether (sulfide) groups is 1. The molecule has 0 radical (unpaired) electrons. The van der Waals surface area contributed by atoms with E-state index in [-0.39, 0.29) is 23.8 Å². The highest BCUT2D eigenvalue weighted by Crippen LogP contribution is 2.36. The van der Waals surface area contributed by atoms with Crippen molar-refractivity contribution in [2.24, 2.45) is 0 Å². The van der Waals surface area contributed by atoms with Crippen LogP contribution >= 0.6 is 34.4 Å². The fourth-order valence-electron chi connectivity index (χ4n) is 3.71. The van der Waals surface area contributed by atoms with E-state index >= 15 is 0 Å². The first kappa shape index (κ1) is 24.9. The number of rotatable bonds is 8. The number of ether oxygens (including phenoxy) is 1. The summed E-state index contributed by atoms with van der Waals surface area (Å²) in [7, 11) is 0. The van der Waals surface area contributed by atoms with E-state index in [4.69, 9.17) is 4.74 Å². The van der Waals surface area contributed by atoms with Crippen molar-refractivity contribution in [1.29, 1.82) is 0 Å². The van der Waals surface area contributed by atoms with Crippen LogP contribution in [0.1, 0.15) is 17.3 Å². The predicted octanol–water partition coefficient (Wildman–Crippen LogP) is 6.29. The number of nitrogens with one attached hydrogen (secondary N) is 2. The molecule has 37 heavy (non-hydrogen) atoms. The van der Waals surface area contributed by atoms with Crippen molar-refractivity contribution in [2.45, 2.75) is 12.1 Å². The molecular formula is C27H21N3O4S3. The standard InChI is InChI=1S/C27H21N3O4S3/c1-2-34-26(33)18-13-20(17-11-7-4-8-12-17)37-24(18)28-21(31)15-36-27-29-23(32)22-19(14-35-25(22)30-27)16-9-5-3-6-10-16/h3-14H,2,15H2,1H3,(H,28,31)(H,29,30,32). The van der Waals surface area contributed by atoms with Crippen molar-refractivity contribution in [3.63, 3.8) is 0 Å². The molecule has 7 nitrogen and oxygen atoms in total. The fraction of sp³-hybridized carbons (Fsp3) is 0.111. The van der Waals surface area contributed by atoms with Gasteiger partial charge in [-0.1, -0.05) is 72.4 Å². The molecular weight excluding hydrogens is 527 g/mol. The van der Waals surface area contributed by atoms with Crippen molar-refractivity contribution in [2.75, 3.05) is 17.7 Å². The maximum atomic E-state index is 12.9. The largest absolute Gasteiger partial charge is 0.462 e. The van der Waals surface area contributed by atoms with Gasteiger partial charge in [-0.25, -0.2) is 9.78 Å². The molecule has 0 saturated carbocycles. The van der Waals surface area contributed by atoms with Crippen LogP contribution in [0, 0.1) is 0 Å². The monoisotopic (exact) mass is 547 g/mol. The predicted molar refractivity (Wildman–Crippen MR) is 151 cm³/mol. The number of aromatic amines is 1. The van der Waals surface area contributed by atoms with Gasteiger partial charge in [0.15, 0.2) is 5.16 Å². The third kappa shape index (κ3) is 5.51. The second kappa shape index (κ2) is 11.1. The number of fused-ring (bicyclic) bond motifs is 1. The lowest BCUT2D eigenvalue weighted by Gasteiger charge is -2.06. The number of aromatic nitrogens is 2. The average molecular weight is 548 g/mol. The highest BCUT2D eigenvalue weighted by Gasteiger charge is 2.20. The molecule has 1 amide bonds. The van der Waals surface area contributed by atoms with Gasteiger partial charge in [0.25, 0.3) is 5.56 Å². The SMILES string of the molecule is CCOC(=O)c1cc(-c2ccccc2)sc1NC(=O)CSc1nc2scc(-c3ccccc3)c2c(=O)[nH]1. The maximum Gasteiger partial charge on any atom is 0.341 e. The van der Waals surface area contributed by atoms with Crippen molar-refractivity contribution in [1.82, 2.24) is 9.97 Å². The molecule has 3 heterocycles. The number of benzene rings is 2. The van der Waals surface area contributed by atoms with E-state index in [1.807, 2.05) is 66.0 Å². The van der Waals surface area contributed by atoms with Gasteiger partial charge in [0.1, 0.15) is 9.83 Å². The smallest absolute Gasteiger partial charge is 0.341 e. The van der Waals surface area contributed by atoms with Gasteiger partial charge in [-0.3, -0.25) is 9.59 Å². The molecule has 0 unspecified atom stereocenters. The highest BCUT2D eigenvalue weighted by atomic mass is 32.2. The number of hydrogen-bond donors (Lipinski definition) is 2. The molecule has 0 saturated heterocycles. The number of nitrogens with zero attached hydrogens (tertiary/aromatic N) is 1. The van der Waals surface area contributed by atoms with Gasteiger partial charge in [0.2, 0.25) is 5.91 Å². The van der Waals surface area contributed by atoms with Gasteiger partial charge in [-0.05, 0) is 24.1 Å². The van der Waals surface area contributed by atoms with E-state index in [1.165, 1.54) is 22.7 Å². The molecule has 0 aliphatic rings. The summed E-state index contributed by atoms with van der Waals surface area (Å²) in [6, 6.07) is 21.0. The summed E-state index contributed by atoms with van der Waals surface area (Å²) in [4.78, 5) is 47.0. The van der Waals surface area contributed by atoms with Crippen LogP contribution in [0.3, 0.4) is 0 Å². The Balaban J connectivity index is 1.33. The first-order valence-corrected chi connectivity index (χ1v) is 14.1. The lowest BCUT2D eigenvalue weighted by atomic mass is 10.1. The van der Waals surface area contributed by atoms with E-state index < -0.39 is 5.97 Å².